The fourth-order valence-electron chi connectivity index (χ4n) is 1.01. The third-order valence-corrected chi connectivity index (χ3v) is 1.74. The molecule has 1 nitrogen and oxygen atoms in total. The van der Waals surface area contributed by atoms with Gasteiger partial charge >= 0.3 is 0 Å². The molecule has 0 rings (SSSR count). The van der Waals surface area contributed by atoms with Gasteiger partial charge in [0.25, 0.3) is 0 Å². The molecule has 0 aliphatic carbocycles. The van der Waals surface area contributed by atoms with Gasteiger partial charge in [-0.3, -0.25) is 0 Å². The molecule has 1 atom stereocenters. The molecule has 0 aromatic heterocycles. The molecule has 0 saturated heterocycles. The molecule has 1 heteroatoms. The average molecular weight is 151 g/mol. The van der Waals surface area contributed by atoms with Gasteiger partial charge in [-0.2, -0.15) is 5.26 Å². The Balaban J connectivity index is 3.25. The molecule has 0 aliphatic rings. The molecule has 0 amide bonds. The Morgan fingerprint density at radius 3 is 2.73 bits per heavy atom. The molecule has 0 aliphatic heterocycles. The predicted molar refractivity (Wildman–Crippen MR) is 48.1 cm³/mol. The lowest BCUT2D eigenvalue weighted by Gasteiger charge is -2.05. The van der Waals surface area contributed by atoms with Crippen LogP contribution in [-0.2, 0) is 0 Å². The third-order valence-electron chi connectivity index (χ3n) is 1.74. The minimum absolute atomic E-state index is 0.555. The lowest BCUT2D eigenvalue weighted by atomic mass is 10.00. The minimum atomic E-state index is 0.555. The summed E-state index contributed by atoms with van der Waals surface area (Å²) in [5.74, 6) is 0.555. The number of hydrogen-bond acceptors (Lipinski definition) is 1. The minimum Gasteiger partial charge on any atom is -0.198 e. The lowest BCUT2D eigenvalue weighted by Crippen LogP contribution is -1.92. The average Bonchev–Trinajstić information content (AvgIpc) is 1.87. The van der Waals surface area contributed by atoms with Gasteiger partial charge in [0.15, 0.2) is 0 Å². The molecule has 0 fully saturated rings. The first-order chi connectivity index (χ1) is 5.16. The smallest absolute Gasteiger partial charge is 0.0624 e. The lowest BCUT2D eigenvalue weighted by molar-refractivity contribution is 0.520. The van der Waals surface area contributed by atoms with Gasteiger partial charge in [-0.15, -0.1) is 6.58 Å². The molecule has 0 spiro atoms. The van der Waals surface area contributed by atoms with Crippen molar-refractivity contribution in [1.82, 2.24) is 0 Å². The molecule has 0 aromatic rings. The normalized spacial score (nSPS) is 12.1. The zero-order valence-electron chi connectivity index (χ0n) is 7.56. The number of hydrogen-bond donors (Lipinski definition) is 0. The SMILES string of the molecule is C=C(C)CCCC(C)CC#N. The summed E-state index contributed by atoms with van der Waals surface area (Å²) in [5.41, 5.74) is 1.24. The molecule has 0 N–H and O–H groups in total. The van der Waals surface area contributed by atoms with E-state index in [1.54, 1.807) is 0 Å². The zero-order chi connectivity index (χ0) is 8.69. The third kappa shape index (κ3) is 7.12. The van der Waals surface area contributed by atoms with Crippen LogP contribution in [0, 0.1) is 17.2 Å². The van der Waals surface area contributed by atoms with Crippen molar-refractivity contribution in [2.45, 2.75) is 39.5 Å². The Kier molecular flexibility index (Phi) is 5.56. The highest BCUT2D eigenvalue weighted by molar-refractivity contribution is 4.87. The van der Waals surface area contributed by atoms with Crippen molar-refractivity contribution in [3.05, 3.63) is 12.2 Å². The van der Waals surface area contributed by atoms with Crippen LogP contribution in [0.4, 0.5) is 0 Å². The fourth-order valence-corrected chi connectivity index (χ4v) is 1.01. The maximum Gasteiger partial charge on any atom is 0.0624 e. The molecule has 0 radical (unpaired) electrons. The van der Waals surface area contributed by atoms with Crippen LogP contribution in [0.5, 0.6) is 0 Å². The zero-order valence-corrected chi connectivity index (χ0v) is 7.56. The molecular weight excluding hydrogens is 134 g/mol. The van der Waals surface area contributed by atoms with E-state index < -0.39 is 0 Å². The van der Waals surface area contributed by atoms with Crippen molar-refractivity contribution in [2.75, 3.05) is 0 Å². The molecule has 0 saturated carbocycles. The van der Waals surface area contributed by atoms with Gasteiger partial charge in [0.05, 0.1) is 6.07 Å². The van der Waals surface area contributed by atoms with Crippen LogP contribution >= 0.6 is 0 Å². The Labute approximate surface area is 69.7 Å². The highest BCUT2D eigenvalue weighted by Crippen LogP contribution is 2.13. The number of allylic oxidation sites excluding steroid dienone is 1. The van der Waals surface area contributed by atoms with Crippen LogP contribution in [0.1, 0.15) is 39.5 Å². The van der Waals surface area contributed by atoms with E-state index in [4.69, 9.17) is 5.26 Å². The molecule has 0 aromatic carbocycles. The van der Waals surface area contributed by atoms with Gasteiger partial charge in [-0.25, -0.2) is 0 Å². The Morgan fingerprint density at radius 2 is 2.27 bits per heavy atom. The van der Waals surface area contributed by atoms with E-state index >= 15 is 0 Å². The van der Waals surface area contributed by atoms with E-state index in [9.17, 15) is 0 Å². The van der Waals surface area contributed by atoms with Crippen LogP contribution in [0.25, 0.3) is 0 Å². The Bertz CT molecular complexity index is 153. The van der Waals surface area contributed by atoms with E-state index in [1.807, 2.05) is 0 Å². The first-order valence-electron chi connectivity index (χ1n) is 4.18. The number of nitrogens with zero attached hydrogens (tertiary/aromatic N) is 1. The standard InChI is InChI=1S/C10H17N/c1-9(2)5-4-6-10(3)7-8-11/h10H,1,4-7H2,2-3H3. The monoisotopic (exact) mass is 151 g/mol. The van der Waals surface area contributed by atoms with Crippen LogP contribution in [0.15, 0.2) is 12.2 Å². The van der Waals surface area contributed by atoms with E-state index in [0.29, 0.717) is 12.3 Å². The predicted octanol–water partition coefficient (Wildman–Crippen LogP) is 3.28. The van der Waals surface area contributed by atoms with Crippen LogP contribution in [-0.4, -0.2) is 0 Å². The summed E-state index contributed by atoms with van der Waals surface area (Å²) in [6.45, 7) is 8.01. The summed E-state index contributed by atoms with van der Waals surface area (Å²) in [6, 6.07) is 2.18. The van der Waals surface area contributed by atoms with E-state index in [2.05, 4.69) is 26.5 Å². The second-order valence-electron chi connectivity index (χ2n) is 3.32. The highest BCUT2D eigenvalue weighted by atomic mass is 14.2. The largest absolute Gasteiger partial charge is 0.198 e. The number of rotatable bonds is 5. The van der Waals surface area contributed by atoms with E-state index in [1.165, 1.54) is 12.0 Å². The summed E-state index contributed by atoms with van der Waals surface area (Å²) in [6.07, 6.45) is 4.13. The van der Waals surface area contributed by atoms with Crippen molar-refractivity contribution in [2.24, 2.45) is 5.92 Å². The molecule has 0 bridgehead atoms. The Morgan fingerprint density at radius 1 is 1.64 bits per heavy atom. The second-order valence-corrected chi connectivity index (χ2v) is 3.32. The van der Waals surface area contributed by atoms with E-state index in [0.717, 1.165) is 12.8 Å². The molecule has 62 valence electrons. The van der Waals surface area contributed by atoms with Gasteiger partial charge in [0.2, 0.25) is 0 Å². The maximum atomic E-state index is 8.38. The van der Waals surface area contributed by atoms with Crippen LogP contribution in [0.3, 0.4) is 0 Å². The molecule has 11 heavy (non-hydrogen) atoms. The van der Waals surface area contributed by atoms with Gasteiger partial charge in [-0.1, -0.05) is 12.5 Å². The van der Waals surface area contributed by atoms with Crippen molar-refractivity contribution < 1.29 is 0 Å². The van der Waals surface area contributed by atoms with Gasteiger partial charge < -0.3 is 0 Å². The molecule has 1 unspecified atom stereocenters. The second kappa shape index (κ2) is 5.97. The van der Waals surface area contributed by atoms with Crippen molar-refractivity contribution in [1.29, 1.82) is 5.26 Å². The van der Waals surface area contributed by atoms with Crippen molar-refractivity contribution in [3.63, 3.8) is 0 Å². The molecular formula is C10H17N. The summed E-state index contributed by atoms with van der Waals surface area (Å²) in [7, 11) is 0. The molecule has 0 heterocycles. The maximum absolute atomic E-state index is 8.38. The van der Waals surface area contributed by atoms with Gasteiger partial charge in [0.1, 0.15) is 0 Å². The first kappa shape index (κ1) is 10.2. The Hall–Kier alpha value is -0.770. The summed E-state index contributed by atoms with van der Waals surface area (Å²) in [5, 5.41) is 8.38. The summed E-state index contributed by atoms with van der Waals surface area (Å²) < 4.78 is 0. The summed E-state index contributed by atoms with van der Waals surface area (Å²) >= 11 is 0. The van der Waals surface area contributed by atoms with Crippen LogP contribution < -0.4 is 0 Å². The first-order valence-corrected chi connectivity index (χ1v) is 4.18. The van der Waals surface area contributed by atoms with Crippen molar-refractivity contribution >= 4 is 0 Å². The van der Waals surface area contributed by atoms with Gasteiger partial charge in [0, 0.05) is 6.42 Å². The van der Waals surface area contributed by atoms with E-state index in [-0.39, 0.29) is 0 Å². The summed E-state index contributed by atoms with van der Waals surface area (Å²) in [4.78, 5) is 0. The van der Waals surface area contributed by atoms with Crippen LogP contribution in [0.2, 0.25) is 0 Å². The highest BCUT2D eigenvalue weighted by Gasteiger charge is 1.99. The topological polar surface area (TPSA) is 23.8 Å². The fraction of sp³-hybridized carbons (Fsp3) is 0.700. The number of nitriles is 1. The van der Waals surface area contributed by atoms with Gasteiger partial charge in [-0.05, 0) is 32.1 Å². The quantitative estimate of drug-likeness (QED) is 0.553. The van der Waals surface area contributed by atoms with Crippen molar-refractivity contribution in [3.8, 4) is 6.07 Å².